The third-order valence-electron chi connectivity index (χ3n) is 1.18. The normalized spacial score (nSPS) is 9.30. The van der Waals surface area contributed by atoms with Crippen LogP contribution in [0.4, 0.5) is 5.69 Å². The molecule has 0 amide bonds. The average molecular weight is 133 g/mol. The highest BCUT2D eigenvalue weighted by Crippen LogP contribution is 2.05. The van der Waals surface area contributed by atoms with Crippen LogP contribution in [-0.2, 0) is 0 Å². The summed E-state index contributed by atoms with van der Waals surface area (Å²) in [5, 5.41) is 3.04. The third kappa shape index (κ3) is 2.09. The average Bonchev–Trinajstić information content (AvgIpc) is 2.03. The first kappa shape index (κ1) is 7.13. The zero-order valence-electron chi connectivity index (χ0n) is 6.09. The summed E-state index contributed by atoms with van der Waals surface area (Å²) in [7, 11) is 0. The summed E-state index contributed by atoms with van der Waals surface area (Å²) < 4.78 is 0. The van der Waals surface area contributed by atoms with E-state index in [1.165, 1.54) is 0 Å². The van der Waals surface area contributed by atoms with Gasteiger partial charge in [-0.05, 0) is 18.6 Å². The maximum Gasteiger partial charge on any atom is 0.0877 e. The molecule has 52 valence electrons. The van der Waals surface area contributed by atoms with Gasteiger partial charge in [0.2, 0.25) is 0 Å². The molecular weight excluding hydrogens is 122 g/mol. The van der Waals surface area contributed by atoms with Crippen molar-refractivity contribution in [2.45, 2.75) is 13.3 Å². The molecule has 0 bridgehead atoms. The summed E-state index contributed by atoms with van der Waals surface area (Å²) in [4.78, 5) is 0. The summed E-state index contributed by atoms with van der Waals surface area (Å²) in [6.07, 6.45) is 0.925. The molecule has 0 aliphatic rings. The minimum atomic E-state index is 0.925. The number of rotatable bonds is 3. The molecule has 1 rings (SSSR count). The van der Waals surface area contributed by atoms with Crippen molar-refractivity contribution in [2.75, 3.05) is 5.32 Å². The zero-order valence-corrected chi connectivity index (χ0v) is 6.09. The molecule has 1 nitrogen and oxygen atoms in total. The molecule has 0 saturated heterocycles. The highest BCUT2D eigenvalue weighted by molar-refractivity contribution is 5.43. The SMILES string of the molecule is CC[C]Nc1ccccc1. The van der Waals surface area contributed by atoms with Gasteiger partial charge in [0.05, 0.1) is 6.54 Å². The second-order valence-electron chi connectivity index (χ2n) is 2.02. The van der Waals surface area contributed by atoms with Gasteiger partial charge >= 0.3 is 0 Å². The molecule has 1 aromatic rings. The van der Waals surface area contributed by atoms with Crippen molar-refractivity contribution >= 4 is 5.69 Å². The topological polar surface area (TPSA) is 12.0 Å². The van der Waals surface area contributed by atoms with E-state index in [-0.39, 0.29) is 0 Å². The van der Waals surface area contributed by atoms with Crippen LogP contribution in [0.5, 0.6) is 0 Å². The third-order valence-corrected chi connectivity index (χ3v) is 1.18. The Balaban J connectivity index is 2.43. The summed E-state index contributed by atoms with van der Waals surface area (Å²) in [6.45, 7) is 5.07. The van der Waals surface area contributed by atoms with Gasteiger partial charge in [0.1, 0.15) is 0 Å². The summed E-state index contributed by atoms with van der Waals surface area (Å²) in [6, 6.07) is 10.0. The Morgan fingerprint density at radius 1 is 1.30 bits per heavy atom. The van der Waals surface area contributed by atoms with Crippen LogP contribution in [0.25, 0.3) is 0 Å². The lowest BCUT2D eigenvalue weighted by Gasteiger charge is -2.00. The summed E-state index contributed by atoms with van der Waals surface area (Å²) in [5.41, 5.74) is 1.10. The predicted octanol–water partition coefficient (Wildman–Crippen LogP) is 2.55. The molecule has 0 atom stereocenters. The number of hydrogen-bond donors (Lipinski definition) is 1. The van der Waals surface area contributed by atoms with E-state index in [4.69, 9.17) is 0 Å². The molecule has 0 spiro atoms. The number of benzene rings is 1. The van der Waals surface area contributed by atoms with Gasteiger partial charge in [-0.2, -0.15) is 0 Å². The minimum absolute atomic E-state index is 0.925. The Hall–Kier alpha value is -0.980. The van der Waals surface area contributed by atoms with Crippen molar-refractivity contribution in [1.29, 1.82) is 0 Å². The standard InChI is InChI=1S/C9H11N/c1-2-8-10-9-6-4-3-5-7-9/h3-7,10H,2H2,1H3. The number of anilines is 1. The van der Waals surface area contributed by atoms with Crippen molar-refractivity contribution in [3.05, 3.63) is 36.9 Å². The number of nitrogens with one attached hydrogen (secondary N) is 1. The van der Waals surface area contributed by atoms with Crippen LogP contribution in [0.2, 0.25) is 0 Å². The van der Waals surface area contributed by atoms with Crippen LogP contribution in [0.1, 0.15) is 13.3 Å². The second kappa shape index (κ2) is 3.94. The number of hydrogen-bond acceptors (Lipinski definition) is 1. The number of para-hydroxylation sites is 1. The highest BCUT2D eigenvalue weighted by atomic mass is 14.9. The maximum atomic E-state index is 3.04. The van der Waals surface area contributed by atoms with E-state index in [0.29, 0.717) is 0 Å². The highest BCUT2D eigenvalue weighted by Gasteiger charge is 1.85. The second-order valence-corrected chi connectivity index (χ2v) is 2.02. The molecular formula is C9H11N. The Morgan fingerprint density at radius 2 is 2.00 bits per heavy atom. The quantitative estimate of drug-likeness (QED) is 0.625. The molecule has 1 N–H and O–H groups in total. The Labute approximate surface area is 62.1 Å². The lowest BCUT2D eigenvalue weighted by molar-refractivity contribution is 1.10. The van der Waals surface area contributed by atoms with Crippen LogP contribution in [-0.4, -0.2) is 0 Å². The largest absolute Gasteiger partial charge is 0.375 e. The molecule has 2 radical (unpaired) electrons. The van der Waals surface area contributed by atoms with E-state index in [2.05, 4.69) is 18.8 Å². The summed E-state index contributed by atoms with van der Waals surface area (Å²) in [5.74, 6) is 0. The smallest absolute Gasteiger partial charge is 0.0877 e. The fourth-order valence-corrected chi connectivity index (χ4v) is 0.712. The molecule has 0 aliphatic carbocycles. The van der Waals surface area contributed by atoms with E-state index >= 15 is 0 Å². The van der Waals surface area contributed by atoms with Gasteiger partial charge in [-0.3, -0.25) is 0 Å². The van der Waals surface area contributed by atoms with E-state index in [1.54, 1.807) is 0 Å². The van der Waals surface area contributed by atoms with Crippen LogP contribution in [0.15, 0.2) is 30.3 Å². The lowest BCUT2D eigenvalue weighted by atomic mass is 10.3. The first-order chi connectivity index (χ1) is 4.93. The van der Waals surface area contributed by atoms with Crippen molar-refractivity contribution in [3.63, 3.8) is 0 Å². The molecule has 0 saturated carbocycles. The monoisotopic (exact) mass is 133 g/mol. The molecule has 0 aromatic heterocycles. The van der Waals surface area contributed by atoms with Gasteiger partial charge in [0.25, 0.3) is 0 Å². The van der Waals surface area contributed by atoms with Gasteiger partial charge < -0.3 is 5.32 Å². The van der Waals surface area contributed by atoms with Crippen molar-refractivity contribution in [3.8, 4) is 0 Å². The van der Waals surface area contributed by atoms with Crippen molar-refractivity contribution in [1.82, 2.24) is 0 Å². The maximum absolute atomic E-state index is 3.04. The first-order valence-corrected chi connectivity index (χ1v) is 3.47. The van der Waals surface area contributed by atoms with Crippen LogP contribution >= 0.6 is 0 Å². The fraction of sp³-hybridized carbons (Fsp3) is 0.222. The van der Waals surface area contributed by atoms with Gasteiger partial charge in [-0.25, -0.2) is 0 Å². The van der Waals surface area contributed by atoms with Crippen LogP contribution in [0, 0.1) is 6.54 Å². The zero-order chi connectivity index (χ0) is 7.23. The van der Waals surface area contributed by atoms with Gasteiger partial charge in [-0.15, -0.1) is 0 Å². The predicted molar refractivity (Wildman–Crippen MR) is 43.6 cm³/mol. The lowest BCUT2D eigenvalue weighted by Crippen LogP contribution is -1.91. The Morgan fingerprint density at radius 3 is 2.60 bits per heavy atom. The van der Waals surface area contributed by atoms with Crippen LogP contribution in [0.3, 0.4) is 0 Å². The van der Waals surface area contributed by atoms with Crippen molar-refractivity contribution < 1.29 is 0 Å². The summed E-state index contributed by atoms with van der Waals surface area (Å²) >= 11 is 0. The van der Waals surface area contributed by atoms with Crippen molar-refractivity contribution in [2.24, 2.45) is 0 Å². The molecule has 1 aromatic carbocycles. The van der Waals surface area contributed by atoms with Gasteiger partial charge in [-0.1, -0.05) is 25.1 Å². The van der Waals surface area contributed by atoms with Gasteiger partial charge in [0, 0.05) is 5.69 Å². The van der Waals surface area contributed by atoms with E-state index in [0.717, 1.165) is 12.1 Å². The minimum Gasteiger partial charge on any atom is -0.375 e. The van der Waals surface area contributed by atoms with E-state index < -0.39 is 0 Å². The fourth-order valence-electron chi connectivity index (χ4n) is 0.712. The van der Waals surface area contributed by atoms with Gasteiger partial charge in [0.15, 0.2) is 0 Å². The molecule has 0 heterocycles. The Bertz CT molecular complexity index is 169. The molecule has 0 fully saturated rings. The molecule has 0 unspecified atom stereocenters. The molecule has 0 aliphatic heterocycles. The molecule has 10 heavy (non-hydrogen) atoms. The molecule has 1 heteroatoms. The van der Waals surface area contributed by atoms with E-state index in [9.17, 15) is 0 Å². The van der Waals surface area contributed by atoms with Crippen LogP contribution < -0.4 is 5.32 Å². The first-order valence-electron chi connectivity index (χ1n) is 3.47. The van der Waals surface area contributed by atoms with E-state index in [1.807, 2.05) is 30.3 Å². The Kier molecular flexibility index (Phi) is 2.81.